The zero-order valence-corrected chi connectivity index (χ0v) is 34.1. The van der Waals surface area contributed by atoms with E-state index < -0.39 is 0 Å². The van der Waals surface area contributed by atoms with Crippen LogP contribution in [0.25, 0.3) is 87.7 Å². The Morgan fingerprint density at radius 2 is 0.914 bits per heavy atom. The summed E-state index contributed by atoms with van der Waals surface area (Å²) in [6.45, 7) is 6.87. The highest BCUT2D eigenvalue weighted by atomic mass is 16.5. The molecular weight excluding hydrogens is 713 g/mol. The fourth-order valence-electron chi connectivity index (χ4n) is 8.65. The molecule has 2 heterocycles. The predicted octanol–water partition coefficient (Wildman–Crippen LogP) is 16.0. The van der Waals surface area contributed by atoms with Crippen LogP contribution >= 0.6 is 0 Å². The molecule has 0 aliphatic rings. The van der Waals surface area contributed by atoms with Crippen LogP contribution in [-0.2, 0) is 11.2 Å². The number of benzene rings is 7. The van der Waals surface area contributed by atoms with Gasteiger partial charge in [0.1, 0.15) is 28.1 Å². The van der Waals surface area contributed by atoms with E-state index in [-0.39, 0.29) is 0 Å². The van der Waals surface area contributed by atoms with Gasteiger partial charge in [-0.25, -0.2) is 0 Å². The maximum absolute atomic E-state index is 6.67. The van der Waals surface area contributed by atoms with Crippen molar-refractivity contribution in [2.24, 2.45) is 0 Å². The maximum atomic E-state index is 6.67. The molecule has 0 radical (unpaired) electrons. The molecule has 7 aromatic carbocycles. The molecule has 0 spiro atoms. The van der Waals surface area contributed by atoms with Gasteiger partial charge in [0.05, 0.1) is 6.61 Å². The van der Waals surface area contributed by atoms with Crippen molar-refractivity contribution < 1.29 is 18.3 Å². The normalized spacial score (nSPS) is 12.0. The highest BCUT2D eigenvalue weighted by Crippen LogP contribution is 2.42. The molecule has 0 fully saturated rings. The summed E-state index contributed by atoms with van der Waals surface area (Å²) in [4.78, 5) is 0. The first-order valence-corrected chi connectivity index (χ1v) is 21.7. The summed E-state index contributed by atoms with van der Waals surface area (Å²) in [6.07, 6.45) is 12.9. The standard InChI is InChI=1S/C54H54O4/c1-3-5-7-8-9-17-26-56-50-32-43-34-52-47(31-42(43)29-45(50)38-21-14-11-15-22-38)49-36-53-48(35-54(49)58-52)46-30-41-28-44(37-19-12-10-13-20-37)39(27-40(41)33-51(46)57-53)23-16-18-25-55-24-6-4-2/h10-15,19-22,27-36H,3-9,16-18,23-26H2,1-2H3. The van der Waals surface area contributed by atoms with Crippen molar-refractivity contribution in [1.29, 1.82) is 0 Å². The van der Waals surface area contributed by atoms with Gasteiger partial charge in [-0.1, -0.05) is 119 Å². The number of hydrogen-bond donors (Lipinski definition) is 0. The third kappa shape index (κ3) is 7.95. The number of rotatable bonds is 18. The van der Waals surface area contributed by atoms with Gasteiger partial charge in [0, 0.05) is 40.3 Å². The summed E-state index contributed by atoms with van der Waals surface area (Å²) in [5, 5.41) is 8.99. The second-order valence-electron chi connectivity index (χ2n) is 16.1. The molecule has 9 rings (SSSR count). The second-order valence-corrected chi connectivity index (χ2v) is 16.1. The van der Waals surface area contributed by atoms with Crippen molar-refractivity contribution in [3.63, 3.8) is 0 Å². The average molecular weight is 767 g/mol. The van der Waals surface area contributed by atoms with Crippen LogP contribution < -0.4 is 4.74 Å². The van der Waals surface area contributed by atoms with E-state index in [0.717, 1.165) is 123 Å². The molecule has 0 N–H and O–H groups in total. The lowest BCUT2D eigenvalue weighted by atomic mass is 9.92. The minimum atomic E-state index is 0.719. The van der Waals surface area contributed by atoms with Gasteiger partial charge in [-0.15, -0.1) is 0 Å². The first kappa shape index (κ1) is 38.0. The summed E-state index contributed by atoms with van der Waals surface area (Å²) in [6, 6.07) is 43.9. The third-order valence-electron chi connectivity index (χ3n) is 11.9. The van der Waals surface area contributed by atoms with Crippen molar-refractivity contribution >= 4 is 65.4 Å². The van der Waals surface area contributed by atoms with Gasteiger partial charge < -0.3 is 18.3 Å². The second kappa shape index (κ2) is 17.5. The fraction of sp³-hybridized carbons (Fsp3) is 0.296. The van der Waals surface area contributed by atoms with Crippen LogP contribution in [0, 0.1) is 0 Å². The lowest BCUT2D eigenvalue weighted by molar-refractivity contribution is 0.127. The van der Waals surface area contributed by atoms with Gasteiger partial charge in [0.25, 0.3) is 0 Å². The summed E-state index contributed by atoms with van der Waals surface area (Å²) >= 11 is 0. The van der Waals surface area contributed by atoms with Crippen LogP contribution in [0.4, 0.5) is 0 Å². The van der Waals surface area contributed by atoms with Crippen molar-refractivity contribution in [2.75, 3.05) is 19.8 Å². The van der Waals surface area contributed by atoms with Gasteiger partial charge >= 0.3 is 0 Å². The van der Waals surface area contributed by atoms with Crippen molar-refractivity contribution in [1.82, 2.24) is 0 Å². The van der Waals surface area contributed by atoms with E-state index in [1.165, 1.54) is 66.0 Å². The van der Waals surface area contributed by atoms with Gasteiger partial charge in [-0.2, -0.15) is 0 Å². The molecule has 4 heteroatoms. The molecule has 9 aromatic rings. The maximum Gasteiger partial charge on any atom is 0.136 e. The number of hydrogen-bond acceptors (Lipinski definition) is 4. The van der Waals surface area contributed by atoms with E-state index in [1.807, 2.05) is 0 Å². The highest BCUT2D eigenvalue weighted by Gasteiger charge is 2.18. The molecule has 58 heavy (non-hydrogen) atoms. The first-order valence-electron chi connectivity index (χ1n) is 21.7. The molecule has 0 aliphatic heterocycles. The van der Waals surface area contributed by atoms with E-state index in [4.69, 9.17) is 18.3 Å². The Kier molecular flexibility index (Phi) is 11.5. The molecular formula is C54H54O4. The molecule has 0 unspecified atom stereocenters. The Labute approximate surface area is 341 Å². The Morgan fingerprint density at radius 3 is 1.57 bits per heavy atom. The SMILES string of the molecule is CCCCCCCCOc1cc2cc3oc4cc5c(cc4c3cc2cc1-c1ccccc1)oc1cc2cc(CCCCOCCCC)c(-c3ccccc3)cc2cc15. The monoisotopic (exact) mass is 766 g/mol. The lowest BCUT2D eigenvalue weighted by Gasteiger charge is -2.14. The van der Waals surface area contributed by atoms with Crippen LogP contribution in [0.3, 0.4) is 0 Å². The van der Waals surface area contributed by atoms with Gasteiger partial charge in [0.2, 0.25) is 0 Å². The third-order valence-corrected chi connectivity index (χ3v) is 11.9. The molecule has 0 bridgehead atoms. The van der Waals surface area contributed by atoms with Gasteiger partial charge in [-0.3, -0.25) is 0 Å². The highest BCUT2D eigenvalue weighted by molar-refractivity contribution is 6.18. The number of ether oxygens (including phenoxy) is 2. The van der Waals surface area contributed by atoms with Gasteiger partial charge in [-0.05, 0) is 131 Å². The van der Waals surface area contributed by atoms with E-state index >= 15 is 0 Å². The molecule has 4 nitrogen and oxygen atoms in total. The Morgan fingerprint density at radius 1 is 0.414 bits per heavy atom. The Hall–Kier alpha value is -5.58. The zero-order chi connectivity index (χ0) is 39.3. The molecule has 0 atom stereocenters. The average Bonchev–Trinajstić information content (AvgIpc) is 3.78. The molecule has 0 saturated carbocycles. The Balaban J connectivity index is 1.07. The molecule has 2 aromatic heterocycles. The zero-order valence-electron chi connectivity index (χ0n) is 34.1. The first-order chi connectivity index (χ1) is 28.7. The molecule has 0 amide bonds. The van der Waals surface area contributed by atoms with E-state index in [9.17, 15) is 0 Å². The smallest absolute Gasteiger partial charge is 0.136 e. The molecule has 0 saturated heterocycles. The number of aryl methyl sites for hydroxylation is 1. The van der Waals surface area contributed by atoms with Crippen LogP contribution in [0.15, 0.2) is 130 Å². The van der Waals surface area contributed by atoms with E-state index in [0.29, 0.717) is 0 Å². The lowest BCUT2D eigenvalue weighted by Crippen LogP contribution is -1.99. The summed E-state index contributed by atoms with van der Waals surface area (Å²) in [5.41, 5.74) is 9.69. The van der Waals surface area contributed by atoms with Gasteiger partial charge in [0.15, 0.2) is 0 Å². The minimum Gasteiger partial charge on any atom is -0.493 e. The predicted molar refractivity (Wildman–Crippen MR) is 244 cm³/mol. The van der Waals surface area contributed by atoms with Crippen molar-refractivity contribution in [3.05, 3.63) is 127 Å². The summed E-state index contributed by atoms with van der Waals surface area (Å²) in [7, 11) is 0. The van der Waals surface area contributed by atoms with Crippen LogP contribution in [0.5, 0.6) is 5.75 Å². The summed E-state index contributed by atoms with van der Waals surface area (Å²) in [5.74, 6) is 0.925. The van der Waals surface area contributed by atoms with Crippen molar-refractivity contribution in [3.8, 4) is 28.0 Å². The number of fused-ring (bicyclic) bond motifs is 8. The minimum absolute atomic E-state index is 0.719. The summed E-state index contributed by atoms with van der Waals surface area (Å²) < 4.78 is 25.7. The quantitative estimate of drug-likeness (QED) is 0.0816. The van der Waals surface area contributed by atoms with E-state index in [2.05, 4.69) is 135 Å². The van der Waals surface area contributed by atoms with Crippen LogP contribution in [0.1, 0.15) is 83.6 Å². The topological polar surface area (TPSA) is 44.7 Å². The fourth-order valence-corrected chi connectivity index (χ4v) is 8.65. The van der Waals surface area contributed by atoms with E-state index in [1.54, 1.807) is 0 Å². The number of furan rings is 2. The van der Waals surface area contributed by atoms with Crippen LogP contribution in [-0.4, -0.2) is 19.8 Å². The van der Waals surface area contributed by atoms with Crippen LogP contribution in [0.2, 0.25) is 0 Å². The number of unbranched alkanes of at least 4 members (excludes halogenated alkanes) is 7. The molecule has 0 aliphatic carbocycles. The molecule has 294 valence electrons. The largest absolute Gasteiger partial charge is 0.493 e. The van der Waals surface area contributed by atoms with Crippen molar-refractivity contribution in [2.45, 2.75) is 84.5 Å². The Bertz CT molecular complexity index is 2610.